The molecule has 0 radical (unpaired) electrons. The van der Waals surface area contributed by atoms with E-state index in [1.807, 2.05) is 14.0 Å². The van der Waals surface area contributed by atoms with E-state index in [2.05, 4.69) is 15.3 Å². The molecule has 4 nitrogen and oxygen atoms in total. The monoisotopic (exact) mass is 181 g/mol. The molecule has 0 aromatic carbocycles. The van der Waals surface area contributed by atoms with E-state index in [0.717, 1.165) is 18.5 Å². The number of ether oxygens (including phenoxy) is 1. The number of hydrogen-bond donors (Lipinski definition) is 1. The number of nitrogens with zero attached hydrogens (tertiary/aromatic N) is 2. The first-order valence-corrected chi connectivity index (χ1v) is 4.44. The minimum atomic E-state index is 0.642. The normalized spacial score (nSPS) is 10.0. The molecule has 0 aliphatic carbocycles. The zero-order chi connectivity index (χ0) is 9.52. The third-order valence-electron chi connectivity index (χ3n) is 1.67. The van der Waals surface area contributed by atoms with Crippen molar-refractivity contribution >= 4 is 0 Å². The molecule has 0 spiro atoms. The predicted molar refractivity (Wildman–Crippen MR) is 50.8 cm³/mol. The summed E-state index contributed by atoms with van der Waals surface area (Å²) in [5.74, 6) is 0.702. The Labute approximate surface area is 78.4 Å². The summed E-state index contributed by atoms with van der Waals surface area (Å²) in [4.78, 5) is 8.02. The van der Waals surface area contributed by atoms with Crippen LogP contribution in [0.25, 0.3) is 0 Å². The standard InChI is InChI=1S/C9H15N3O/c1-3-13-9-8(4-5-10-2)6-11-7-12-9/h6-7,10H,3-5H2,1-2H3. The summed E-state index contributed by atoms with van der Waals surface area (Å²) >= 11 is 0. The van der Waals surface area contributed by atoms with Gasteiger partial charge < -0.3 is 10.1 Å². The maximum Gasteiger partial charge on any atom is 0.219 e. The number of nitrogens with one attached hydrogen (secondary N) is 1. The molecule has 13 heavy (non-hydrogen) atoms. The van der Waals surface area contributed by atoms with Crippen LogP contribution in [0.5, 0.6) is 5.88 Å². The molecule has 1 N–H and O–H groups in total. The Morgan fingerprint density at radius 3 is 3.08 bits per heavy atom. The van der Waals surface area contributed by atoms with Crippen molar-refractivity contribution in [1.29, 1.82) is 0 Å². The summed E-state index contributed by atoms with van der Waals surface area (Å²) in [5.41, 5.74) is 1.05. The fraction of sp³-hybridized carbons (Fsp3) is 0.556. The zero-order valence-electron chi connectivity index (χ0n) is 8.08. The quantitative estimate of drug-likeness (QED) is 0.724. The van der Waals surface area contributed by atoms with Crippen LogP contribution < -0.4 is 10.1 Å². The van der Waals surface area contributed by atoms with E-state index >= 15 is 0 Å². The Balaban J connectivity index is 2.66. The van der Waals surface area contributed by atoms with Crippen LogP contribution in [0.1, 0.15) is 12.5 Å². The molecule has 0 bridgehead atoms. The first-order chi connectivity index (χ1) is 6.38. The van der Waals surface area contributed by atoms with Gasteiger partial charge in [-0.1, -0.05) is 0 Å². The summed E-state index contributed by atoms with van der Waals surface area (Å²) in [6, 6.07) is 0. The van der Waals surface area contributed by atoms with Crippen molar-refractivity contribution in [3.8, 4) is 5.88 Å². The number of aromatic nitrogens is 2. The summed E-state index contributed by atoms with van der Waals surface area (Å²) in [6.07, 6.45) is 4.20. The van der Waals surface area contributed by atoms with E-state index in [1.54, 1.807) is 6.20 Å². The van der Waals surface area contributed by atoms with E-state index in [0.29, 0.717) is 12.5 Å². The first-order valence-electron chi connectivity index (χ1n) is 4.44. The average molecular weight is 181 g/mol. The topological polar surface area (TPSA) is 47.0 Å². The molecule has 1 aromatic heterocycles. The van der Waals surface area contributed by atoms with Crippen LogP contribution in [0.4, 0.5) is 0 Å². The summed E-state index contributed by atoms with van der Waals surface area (Å²) in [5, 5.41) is 3.07. The molecule has 1 heterocycles. The molecule has 1 aromatic rings. The molecule has 72 valence electrons. The van der Waals surface area contributed by atoms with Crippen LogP contribution in [0, 0.1) is 0 Å². The molecule has 0 saturated heterocycles. The zero-order valence-corrected chi connectivity index (χ0v) is 8.08. The van der Waals surface area contributed by atoms with Gasteiger partial charge in [0.2, 0.25) is 5.88 Å². The highest BCUT2D eigenvalue weighted by molar-refractivity contribution is 5.22. The van der Waals surface area contributed by atoms with Gasteiger partial charge in [-0.05, 0) is 26.9 Å². The molecular weight excluding hydrogens is 166 g/mol. The minimum Gasteiger partial charge on any atom is -0.478 e. The van der Waals surface area contributed by atoms with Gasteiger partial charge >= 0.3 is 0 Å². The van der Waals surface area contributed by atoms with Crippen LogP contribution >= 0.6 is 0 Å². The van der Waals surface area contributed by atoms with E-state index in [4.69, 9.17) is 4.74 Å². The minimum absolute atomic E-state index is 0.642. The van der Waals surface area contributed by atoms with Gasteiger partial charge in [0.15, 0.2) is 0 Å². The second-order valence-corrected chi connectivity index (χ2v) is 2.64. The molecule has 0 fully saturated rings. The van der Waals surface area contributed by atoms with Crippen LogP contribution in [-0.2, 0) is 6.42 Å². The third-order valence-corrected chi connectivity index (χ3v) is 1.67. The molecule has 0 unspecified atom stereocenters. The van der Waals surface area contributed by atoms with E-state index in [1.165, 1.54) is 6.33 Å². The molecule has 1 rings (SSSR count). The summed E-state index contributed by atoms with van der Waals surface area (Å²) in [6.45, 7) is 3.50. The van der Waals surface area contributed by atoms with Gasteiger partial charge in [-0.2, -0.15) is 0 Å². The average Bonchev–Trinajstić information content (AvgIpc) is 2.17. The maximum atomic E-state index is 5.36. The van der Waals surface area contributed by atoms with Crippen LogP contribution in [0.15, 0.2) is 12.5 Å². The van der Waals surface area contributed by atoms with E-state index < -0.39 is 0 Å². The molecule has 0 amide bonds. The van der Waals surface area contributed by atoms with Crippen molar-refractivity contribution in [2.75, 3.05) is 20.2 Å². The number of rotatable bonds is 5. The number of hydrogen-bond acceptors (Lipinski definition) is 4. The van der Waals surface area contributed by atoms with Crippen molar-refractivity contribution in [1.82, 2.24) is 15.3 Å². The fourth-order valence-electron chi connectivity index (χ4n) is 1.05. The second kappa shape index (κ2) is 5.48. The van der Waals surface area contributed by atoms with Crippen LogP contribution in [0.2, 0.25) is 0 Å². The lowest BCUT2D eigenvalue weighted by Crippen LogP contribution is -2.12. The van der Waals surface area contributed by atoms with Gasteiger partial charge in [-0.25, -0.2) is 9.97 Å². The summed E-state index contributed by atoms with van der Waals surface area (Å²) in [7, 11) is 1.92. The Kier molecular flexibility index (Phi) is 4.18. The first kappa shape index (κ1) is 9.92. The Hall–Kier alpha value is -1.16. The number of likely N-dealkylation sites (N-methyl/N-ethyl adjacent to an activating group) is 1. The van der Waals surface area contributed by atoms with Crippen LogP contribution in [0.3, 0.4) is 0 Å². The van der Waals surface area contributed by atoms with Gasteiger partial charge in [0.25, 0.3) is 0 Å². The van der Waals surface area contributed by atoms with E-state index in [-0.39, 0.29) is 0 Å². The fourth-order valence-corrected chi connectivity index (χ4v) is 1.05. The molecule has 0 aliphatic heterocycles. The maximum absolute atomic E-state index is 5.36. The molecule has 0 aliphatic rings. The summed E-state index contributed by atoms with van der Waals surface area (Å²) < 4.78 is 5.36. The van der Waals surface area contributed by atoms with Gasteiger partial charge in [0.05, 0.1) is 6.61 Å². The lowest BCUT2D eigenvalue weighted by atomic mass is 10.2. The smallest absolute Gasteiger partial charge is 0.219 e. The lowest BCUT2D eigenvalue weighted by Gasteiger charge is -2.06. The SMILES string of the molecule is CCOc1ncncc1CCNC. The van der Waals surface area contributed by atoms with Crippen molar-refractivity contribution in [3.05, 3.63) is 18.1 Å². The molecule has 4 heteroatoms. The highest BCUT2D eigenvalue weighted by Crippen LogP contribution is 2.12. The second-order valence-electron chi connectivity index (χ2n) is 2.64. The van der Waals surface area contributed by atoms with Crippen LogP contribution in [-0.4, -0.2) is 30.2 Å². The van der Waals surface area contributed by atoms with Crippen molar-refractivity contribution in [2.45, 2.75) is 13.3 Å². The van der Waals surface area contributed by atoms with Crippen molar-refractivity contribution < 1.29 is 4.74 Å². The lowest BCUT2D eigenvalue weighted by molar-refractivity contribution is 0.322. The molecule has 0 saturated carbocycles. The molecular formula is C9H15N3O. The Morgan fingerprint density at radius 2 is 2.38 bits per heavy atom. The highest BCUT2D eigenvalue weighted by atomic mass is 16.5. The largest absolute Gasteiger partial charge is 0.478 e. The van der Waals surface area contributed by atoms with Gasteiger partial charge in [-0.3, -0.25) is 0 Å². The van der Waals surface area contributed by atoms with E-state index in [9.17, 15) is 0 Å². The van der Waals surface area contributed by atoms with Gasteiger partial charge in [0.1, 0.15) is 6.33 Å². The Bertz CT molecular complexity index is 252. The van der Waals surface area contributed by atoms with Gasteiger partial charge in [0, 0.05) is 11.8 Å². The van der Waals surface area contributed by atoms with Crippen molar-refractivity contribution in [3.63, 3.8) is 0 Å². The third kappa shape index (κ3) is 2.99. The highest BCUT2D eigenvalue weighted by Gasteiger charge is 2.02. The van der Waals surface area contributed by atoms with Crippen molar-refractivity contribution in [2.24, 2.45) is 0 Å². The Morgan fingerprint density at radius 1 is 1.54 bits per heavy atom. The predicted octanol–water partition coefficient (Wildman–Crippen LogP) is 0.637. The van der Waals surface area contributed by atoms with Gasteiger partial charge in [-0.15, -0.1) is 0 Å². The molecule has 0 atom stereocenters.